The van der Waals surface area contributed by atoms with Crippen LogP contribution in [0.2, 0.25) is 5.02 Å². The van der Waals surface area contributed by atoms with Gasteiger partial charge in [0.2, 0.25) is 0 Å². The van der Waals surface area contributed by atoms with E-state index in [1.54, 1.807) is 18.2 Å². The summed E-state index contributed by atoms with van der Waals surface area (Å²) in [6.07, 6.45) is 1.07. The molecule has 5 nitrogen and oxygen atoms in total. The van der Waals surface area contributed by atoms with Gasteiger partial charge in [-0.2, -0.15) is 0 Å². The third-order valence-electron chi connectivity index (χ3n) is 3.83. The molecule has 0 bridgehead atoms. The third kappa shape index (κ3) is 3.20. The average Bonchev–Trinajstić information content (AvgIpc) is 2.88. The summed E-state index contributed by atoms with van der Waals surface area (Å²) >= 11 is 5.92. The van der Waals surface area contributed by atoms with E-state index in [1.165, 1.54) is 0 Å². The molecule has 1 aliphatic heterocycles. The maximum absolute atomic E-state index is 12.2. The average molecular weight is 309 g/mol. The van der Waals surface area contributed by atoms with Crippen molar-refractivity contribution in [1.82, 2.24) is 10.3 Å². The molecule has 1 aromatic carbocycles. The summed E-state index contributed by atoms with van der Waals surface area (Å²) in [5.41, 5.74) is 0.406. The monoisotopic (exact) mass is 308 g/mol. The van der Waals surface area contributed by atoms with Gasteiger partial charge >= 0.3 is 0 Å². The number of aromatic nitrogens is 1. The Morgan fingerprint density at radius 1 is 1.38 bits per heavy atom. The summed E-state index contributed by atoms with van der Waals surface area (Å²) in [7, 11) is 0. The number of H-pyrrole nitrogens is 1. The van der Waals surface area contributed by atoms with Crippen LogP contribution in [0.5, 0.6) is 0 Å². The Hall–Kier alpha value is -1.56. The third-order valence-corrected chi connectivity index (χ3v) is 4.07. The van der Waals surface area contributed by atoms with Crippen molar-refractivity contribution in [3.05, 3.63) is 35.0 Å². The van der Waals surface area contributed by atoms with Gasteiger partial charge in [0, 0.05) is 48.5 Å². The van der Waals surface area contributed by atoms with Crippen LogP contribution in [-0.4, -0.2) is 41.4 Å². The topological polar surface area (TPSA) is 74.3 Å². The van der Waals surface area contributed by atoms with Gasteiger partial charge in [-0.3, -0.25) is 4.79 Å². The summed E-state index contributed by atoms with van der Waals surface area (Å²) in [6, 6.07) is 7.19. The summed E-state index contributed by atoms with van der Waals surface area (Å²) < 4.78 is 5.22. The highest BCUT2D eigenvalue weighted by Crippen LogP contribution is 2.21. The van der Waals surface area contributed by atoms with Crippen molar-refractivity contribution in [3.63, 3.8) is 0 Å². The summed E-state index contributed by atoms with van der Waals surface area (Å²) in [5.74, 6) is -0.234. The number of ether oxygens (including phenoxy) is 1. The van der Waals surface area contributed by atoms with Crippen molar-refractivity contribution >= 4 is 28.4 Å². The Morgan fingerprint density at radius 2 is 2.14 bits per heavy atom. The van der Waals surface area contributed by atoms with Crippen molar-refractivity contribution in [1.29, 1.82) is 0 Å². The van der Waals surface area contributed by atoms with E-state index < -0.39 is 5.60 Å². The molecule has 0 saturated carbocycles. The van der Waals surface area contributed by atoms with E-state index in [0.29, 0.717) is 36.8 Å². The molecule has 0 radical (unpaired) electrons. The molecule has 1 fully saturated rings. The second-order valence-corrected chi connectivity index (χ2v) is 5.87. The van der Waals surface area contributed by atoms with Gasteiger partial charge in [0.25, 0.3) is 5.91 Å². The lowest BCUT2D eigenvalue weighted by atomic mass is 9.94. The maximum Gasteiger partial charge on any atom is 0.267 e. The van der Waals surface area contributed by atoms with Crippen LogP contribution in [-0.2, 0) is 4.74 Å². The SMILES string of the molecule is O=C(NCC1(O)CCOCC1)c1cc2ccc(Cl)cc2[nH]1. The zero-order chi connectivity index (χ0) is 14.9. The van der Waals surface area contributed by atoms with Gasteiger partial charge in [0.15, 0.2) is 0 Å². The van der Waals surface area contributed by atoms with Crippen molar-refractivity contribution in [2.24, 2.45) is 0 Å². The Morgan fingerprint density at radius 3 is 2.90 bits per heavy atom. The molecule has 1 aliphatic rings. The normalized spacial score (nSPS) is 17.8. The first-order valence-electron chi connectivity index (χ1n) is 6.92. The number of benzene rings is 1. The van der Waals surface area contributed by atoms with Crippen LogP contribution in [0.25, 0.3) is 10.9 Å². The molecule has 6 heteroatoms. The molecule has 3 rings (SSSR count). The number of hydrogen-bond acceptors (Lipinski definition) is 3. The van der Waals surface area contributed by atoms with E-state index in [2.05, 4.69) is 10.3 Å². The molecule has 21 heavy (non-hydrogen) atoms. The molecule has 1 amide bonds. The smallest absolute Gasteiger partial charge is 0.267 e. The molecule has 3 N–H and O–H groups in total. The highest BCUT2D eigenvalue weighted by molar-refractivity contribution is 6.31. The number of aromatic amines is 1. The predicted molar refractivity (Wildman–Crippen MR) is 80.6 cm³/mol. The number of hydrogen-bond donors (Lipinski definition) is 3. The number of aliphatic hydroxyl groups is 1. The minimum atomic E-state index is -0.872. The molecular formula is C15H17ClN2O3. The lowest BCUT2D eigenvalue weighted by Crippen LogP contribution is -2.46. The van der Waals surface area contributed by atoms with Gasteiger partial charge in [-0.05, 0) is 18.2 Å². The van der Waals surface area contributed by atoms with Crippen LogP contribution < -0.4 is 5.32 Å². The van der Waals surface area contributed by atoms with Crippen LogP contribution in [0.3, 0.4) is 0 Å². The quantitative estimate of drug-likeness (QED) is 0.813. The van der Waals surface area contributed by atoms with Crippen LogP contribution >= 0.6 is 11.6 Å². The molecule has 112 valence electrons. The van der Waals surface area contributed by atoms with Crippen molar-refractivity contribution in [2.45, 2.75) is 18.4 Å². The Kier molecular flexibility index (Phi) is 3.89. The van der Waals surface area contributed by atoms with E-state index in [-0.39, 0.29) is 12.5 Å². The van der Waals surface area contributed by atoms with E-state index in [0.717, 1.165) is 10.9 Å². The van der Waals surface area contributed by atoms with Gasteiger partial charge in [0.05, 0.1) is 5.60 Å². The van der Waals surface area contributed by atoms with E-state index in [1.807, 2.05) is 6.07 Å². The molecule has 0 spiro atoms. The van der Waals surface area contributed by atoms with E-state index in [9.17, 15) is 9.90 Å². The number of carbonyl (C=O) groups excluding carboxylic acids is 1. The van der Waals surface area contributed by atoms with Crippen LogP contribution in [0, 0.1) is 0 Å². The van der Waals surface area contributed by atoms with Gasteiger partial charge in [-0.15, -0.1) is 0 Å². The first-order chi connectivity index (χ1) is 10.1. The van der Waals surface area contributed by atoms with Crippen LogP contribution in [0.15, 0.2) is 24.3 Å². The number of amides is 1. The summed E-state index contributed by atoms with van der Waals surface area (Å²) in [4.78, 5) is 15.2. The summed E-state index contributed by atoms with van der Waals surface area (Å²) in [6.45, 7) is 1.28. The van der Waals surface area contributed by atoms with E-state index >= 15 is 0 Å². The standard InChI is InChI=1S/C15H17ClN2O3/c16-11-2-1-10-7-13(18-12(10)8-11)14(19)17-9-15(20)3-5-21-6-4-15/h1-2,7-8,18,20H,3-6,9H2,(H,17,19). The number of halogens is 1. The Balaban J connectivity index is 1.69. The van der Waals surface area contributed by atoms with Crippen LogP contribution in [0.4, 0.5) is 0 Å². The lowest BCUT2D eigenvalue weighted by molar-refractivity contribution is -0.0605. The second-order valence-electron chi connectivity index (χ2n) is 5.43. The maximum atomic E-state index is 12.2. The number of carbonyl (C=O) groups is 1. The van der Waals surface area contributed by atoms with Gasteiger partial charge < -0.3 is 20.1 Å². The molecule has 1 aromatic heterocycles. The minimum Gasteiger partial charge on any atom is -0.388 e. The highest BCUT2D eigenvalue weighted by atomic mass is 35.5. The molecule has 2 aromatic rings. The Labute approximate surface area is 127 Å². The van der Waals surface area contributed by atoms with Gasteiger partial charge in [-0.25, -0.2) is 0 Å². The lowest BCUT2D eigenvalue weighted by Gasteiger charge is -2.31. The molecule has 0 unspecified atom stereocenters. The fourth-order valence-electron chi connectivity index (χ4n) is 2.49. The van der Waals surface area contributed by atoms with Gasteiger partial charge in [0.1, 0.15) is 5.69 Å². The molecule has 1 saturated heterocycles. The first-order valence-corrected chi connectivity index (χ1v) is 7.30. The van der Waals surface area contributed by atoms with Crippen molar-refractivity contribution in [2.75, 3.05) is 19.8 Å². The molecular weight excluding hydrogens is 292 g/mol. The fourth-order valence-corrected chi connectivity index (χ4v) is 2.66. The Bertz CT molecular complexity index is 662. The molecule has 0 atom stereocenters. The molecule has 2 heterocycles. The number of nitrogens with one attached hydrogen (secondary N) is 2. The largest absolute Gasteiger partial charge is 0.388 e. The summed E-state index contributed by atoms with van der Waals surface area (Å²) in [5, 5.41) is 14.6. The zero-order valence-electron chi connectivity index (χ0n) is 11.5. The van der Waals surface area contributed by atoms with Crippen LogP contribution in [0.1, 0.15) is 23.3 Å². The minimum absolute atomic E-state index is 0.227. The second kappa shape index (κ2) is 5.67. The zero-order valence-corrected chi connectivity index (χ0v) is 12.2. The van der Waals surface area contributed by atoms with Gasteiger partial charge in [-0.1, -0.05) is 17.7 Å². The predicted octanol–water partition coefficient (Wildman–Crippen LogP) is 2.09. The van der Waals surface area contributed by atoms with Crippen molar-refractivity contribution < 1.29 is 14.6 Å². The molecule has 0 aliphatic carbocycles. The van der Waals surface area contributed by atoms with Crippen molar-refractivity contribution in [3.8, 4) is 0 Å². The highest BCUT2D eigenvalue weighted by Gasteiger charge is 2.30. The van der Waals surface area contributed by atoms with E-state index in [4.69, 9.17) is 16.3 Å². The number of fused-ring (bicyclic) bond motifs is 1. The fraction of sp³-hybridized carbons (Fsp3) is 0.400. The first kappa shape index (κ1) is 14.4. The number of rotatable bonds is 3.